The van der Waals surface area contributed by atoms with E-state index in [0.29, 0.717) is 23.4 Å². The first kappa shape index (κ1) is 21.0. The second kappa shape index (κ2) is 7.94. The maximum absolute atomic E-state index is 12.8. The largest absolute Gasteiger partial charge is 0.497 e. The molecule has 1 amide bonds. The Balaban J connectivity index is 1.80. The highest BCUT2D eigenvalue weighted by molar-refractivity contribution is 7.92. The molecule has 7 nitrogen and oxygen atoms in total. The van der Waals surface area contributed by atoms with Crippen molar-refractivity contribution < 1.29 is 22.7 Å². The zero-order chi connectivity index (χ0) is 21.2. The fraction of sp³-hybridized carbons (Fsp3) is 0.381. The van der Waals surface area contributed by atoms with Crippen LogP contribution >= 0.6 is 0 Å². The number of hydrogen-bond acceptors (Lipinski definition) is 5. The van der Waals surface area contributed by atoms with E-state index in [-0.39, 0.29) is 17.7 Å². The molecule has 3 rings (SSSR count). The van der Waals surface area contributed by atoms with Gasteiger partial charge in [0.15, 0.2) is 0 Å². The van der Waals surface area contributed by atoms with E-state index < -0.39 is 15.6 Å². The highest BCUT2D eigenvalue weighted by Gasteiger charge is 2.35. The fourth-order valence-electron chi connectivity index (χ4n) is 3.27. The number of rotatable bonds is 6. The van der Waals surface area contributed by atoms with Gasteiger partial charge in [-0.15, -0.1) is 0 Å². The Morgan fingerprint density at radius 3 is 2.52 bits per heavy atom. The summed E-state index contributed by atoms with van der Waals surface area (Å²) in [5.74, 6) is 1.15. The highest BCUT2D eigenvalue weighted by atomic mass is 32.2. The molecule has 0 saturated heterocycles. The molecule has 0 bridgehead atoms. The van der Waals surface area contributed by atoms with Crippen molar-refractivity contribution >= 4 is 21.6 Å². The summed E-state index contributed by atoms with van der Waals surface area (Å²) >= 11 is 0. The summed E-state index contributed by atoms with van der Waals surface area (Å²) in [5.41, 5.74) is 1.30. The van der Waals surface area contributed by atoms with Gasteiger partial charge in [-0.2, -0.15) is 0 Å². The van der Waals surface area contributed by atoms with Gasteiger partial charge in [-0.3, -0.25) is 9.52 Å². The standard InChI is InChI=1S/C21H26N2O5S/c1-5-29(25,26)23-15-8-6-14(7-9-15)20(24)22-18-13-21(2,3)28-19-11-10-16(27-4)12-17(18)19/h6-12,18,23H,5,13H2,1-4H3,(H,22,24)/t18-/m0/s1. The van der Waals surface area contributed by atoms with Crippen LogP contribution in [0.5, 0.6) is 11.5 Å². The third kappa shape index (κ3) is 5.00. The molecule has 0 fully saturated rings. The molecule has 0 saturated carbocycles. The van der Waals surface area contributed by atoms with Gasteiger partial charge in [0, 0.05) is 23.2 Å². The van der Waals surface area contributed by atoms with Crippen molar-refractivity contribution in [3.8, 4) is 11.5 Å². The van der Waals surface area contributed by atoms with Crippen LogP contribution in [-0.2, 0) is 10.0 Å². The molecule has 2 aromatic carbocycles. The van der Waals surface area contributed by atoms with Gasteiger partial charge < -0.3 is 14.8 Å². The highest BCUT2D eigenvalue weighted by Crippen LogP contribution is 2.41. The molecule has 0 unspecified atom stereocenters. The van der Waals surface area contributed by atoms with Crippen LogP contribution < -0.4 is 19.5 Å². The van der Waals surface area contributed by atoms with E-state index in [4.69, 9.17) is 9.47 Å². The average Bonchev–Trinajstić information content (AvgIpc) is 2.67. The molecule has 1 atom stereocenters. The van der Waals surface area contributed by atoms with Crippen LogP contribution in [0.3, 0.4) is 0 Å². The lowest BCUT2D eigenvalue weighted by molar-refractivity contribution is 0.0618. The molecule has 156 valence electrons. The summed E-state index contributed by atoms with van der Waals surface area (Å²) in [6.07, 6.45) is 0.604. The second-order valence-electron chi connectivity index (χ2n) is 7.58. The Labute approximate surface area is 171 Å². The lowest BCUT2D eigenvalue weighted by atomic mass is 9.89. The first-order chi connectivity index (χ1) is 13.6. The van der Waals surface area contributed by atoms with Crippen LogP contribution in [0.15, 0.2) is 42.5 Å². The quantitative estimate of drug-likeness (QED) is 0.749. The smallest absolute Gasteiger partial charge is 0.251 e. The number of fused-ring (bicyclic) bond motifs is 1. The summed E-state index contributed by atoms with van der Waals surface area (Å²) in [5, 5.41) is 3.06. The minimum Gasteiger partial charge on any atom is -0.497 e. The maximum atomic E-state index is 12.8. The predicted molar refractivity (Wildman–Crippen MR) is 112 cm³/mol. The first-order valence-corrected chi connectivity index (χ1v) is 11.1. The Bertz CT molecular complexity index is 1000. The molecule has 29 heavy (non-hydrogen) atoms. The molecular weight excluding hydrogens is 392 g/mol. The van der Waals surface area contributed by atoms with E-state index in [0.717, 1.165) is 11.3 Å². The second-order valence-corrected chi connectivity index (χ2v) is 9.59. The average molecular weight is 419 g/mol. The Morgan fingerprint density at radius 1 is 1.21 bits per heavy atom. The van der Waals surface area contributed by atoms with Gasteiger partial charge in [-0.05, 0) is 63.2 Å². The molecule has 1 heterocycles. The van der Waals surface area contributed by atoms with E-state index in [9.17, 15) is 13.2 Å². The summed E-state index contributed by atoms with van der Waals surface area (Å²) < 4.78 is 37.1. The Morgan fingerprint density at radius 2 is 1.90 bits per heavy atom. The van der Waals surface area contributed by atoms with E-state index in [1.165, 1.54) is 0 Å². The third-order valence-electron chi connectivity index (χ3n) is 4.78. The normalized spacial score (nSPS) is 17.6. The van der Waals surface area contributed by atoms with Crippen molar-refractivity contribution in [3.05, 3.63) is 53.6 Å². The number of carbonyl (C=O) groups excluding carboxylic acids is 1. The van der Waals surface area contributed by atoms with Crippen molar-refractivity contribution in [2.24, 2.45) is 0 Å². The SMILES string of the molecule is CCS(=O)(=O)Nc1ccc(C(=O)N[C@H]2CC(C)(C)Oc3ccc(OC)cc32)cc1. The zero-order valence-corrected chi connectivity index (χ0v) is 17.8. The number of anilines is 1. The van der Waals surface area contributed by atoms with Crippen molar-refractivity contribution in [2.45, 2.75) is 38.8 Å². The molecule has 1 aliphatic rings. The van der Waals surface area contributed by atoms with Gasteiger partial charge in [0.25, 0.3) is 5.91 Å². The van der Waals surface area contributed by atoms with Crippen LogP contribution in [0, 0.1) is 0 Å². The first-order valence-electron chi connectivity index (χ1n) is 9.41. The van der Waals surface area contributed by atoms with Gasteiger partial charge in [0.05, 0.1) is 18.9 Å². The summed E-state index contributed by atoms with van der Waals surface area (Å²) in [6, 6.07) is 11.7. The summed E-state index contributed by atoms with van der Waals surface area (Å²) in [4.78, 5) is 12.8. The molecule has 2 N–H and O–H groups in total. The molecular formula is C21H26N2O5S. The van der Waals surface area contributed by atoms with Crippen molar-refractivity contribution in [1.29, 1.82) is 0 Å². The number of carbonyl (C=O) groups is 1. The predicted octanol–water partition coefficient (Wildman–Crippen LogP) is 3.49. The summed E-state index contributed by atoms with van der Waals surface area (Å²) in [7, 11) is -1.76. The van der Waals surface area contributed by atoms with Crippen LogP contribution in [0.2, 0.25) is 0 Å². The number of hydrogen-bond donors (Lipinski definition) is 2. The number of amides is 1. The van der Waals surface area contributed by atoms with Crippen LogP contribution in [0.1, 0.15) is 49.2 Å². The monoisotopic (exact) mass is 418 g/mol. The van der Waals surface area contributed by atoms with Crippen molar-refractivity contribution in [3.63, 3.8) is 0 Å². The lowest BCUT2D eigenvalue weighted by Gasteiger charge is -2.38. The van der Waals surface area contributed by atoms with E-state index in [2.05, 4.69) is 10.0 Å². The van der Waals surface area contributed by atoms with E-state index >= 15 is 0 Å². The van der Waals surface area contributed by atoms with Gasteiger partial charge in [-0.1, -0.05) is 0 Å². The number of nitrogens with one attached hydrogen (secondary N) is 2. The summed E-state index contributed by atoms with van der Waals surface area (Å²) in [6.45, 7) is 5.52. The number of benzene rings is 2. The minimum atomic E-state index is -3.36. The van der Waals surface area contributed by atoms with Gasteiger partial charge in [0.1, 0.15) is 17.1 Å². The third-order valence-corrected chi connectivity index (χ3v) is 6.09. The topological polar surface area (TPSA) is 93.7 Å². The minimum absolute atomic E-state index is 0.0162. The fourth-order valence-corrected chi connectivity index (χ4v) is 3.91. The van der Waals surface area contributed by atoms with Gasteiger partial charge in [-0.25, -0.2) is 8.42 Å². The number of sulfonamides is 1. The molecule has 0 spiro atoms. The number of methoxy groups -OCH3 is 1. The maximum Gasteiger partial charge on any atom is 0.251 e. The van der Waals surface area contributed by atoms with Gasteiger partial charge in [0.2, 0.25) is 10.0 Å². The van der Waals surface area contributed by atoms with Crippen LogP contribution in [-0.4, -0.2) is 32.8 Å². The van der Waals surface area contributed by atoms with Crippen molar-refractivity contribution in [1.82, 2.24) is 5.32 Å². The van der Waals surface area contributed by atoms with E-state index in [1.54, 1.807) is 38.3 Å². The molecule has 0 radical (unpaired) electrons. The Kier molecular flexibility index (Phi) is 5.75. The Hall–Kier alpha value is -2.74. The lowest BCUT2D eigenvalue weighted by Crippen LogP contribution is -2.41. The molecule has 0 aliphatic carbocycles. The van der Waals surface area contributed by atoms with Crippen LogP contribution in [0.4, 0.5) is 5.69 Å². The van der Waals surface area contributed by atoms with Gasteiger partial charge >= 0.3 is 0 Å². The molecule has 0 aromatic heterocycles. The number of ether oxygens (including phenoxy) is 2. The molecule has 1 aliphatic heterocycles. The molecule has 8 heteroatoms. The zero-order valence-electron chi connectivity index (χ0n) is 17.0. The molecule has 2 aromatic rings. The van der Waals surface area contributed by atoms with Crippen LogP contribution in [0.25, 0.3) is 0 Å². The van der Waals surface area contributed by atoms with Crippen molar-refractivity contribution in [2.75, 3.05) is 17.6 Å². The van der Waals surface area contributed by atoms with E-state index in [1.807, 2.05) is 32.0 Å².